The van der Waals surface area contributed by atoms with Crippen LogP contribution in [0.3, 0.4) is 0 Å². The SMILES string of the molecule is CCc1ccc(C2C(C(=O)O)CC(=O)N2C(C)(C)C)cc1. The molecule has 4 nitrogen and oxygen atoms in total. The van der Waals surface area contributed by atoms with Crippen molar-refractivity contribution in [3.05, 3.63) is 35.4 Å². The smallest absolute Gasteiger partial charge is 0.309 e. The van der Waals surface area contributed by atoms with Crippen LogP contribution in [0.15, 0.2) is 24.3 Å². The summed E-state index contributed by atoms with van der Waals surface area (Å²) in [4.78, 5) is 25.6. The Labute approximate surface area is 125 Å². The molecular formula is C17H23NO3. The number of nitrogens with zero attached hydrogens (tertiary/aromatic N) is 1. The van der Waals surface area contributed by atoms with Crippen LogP contribution in [0.4, 0.5) is 0 Å². The van der Waals surface area contributed by atoms with E-state index in [1.807, 2.05) is 45.0 Å². The molecular weight excluding hydrogens is 266 g/mol. The van der Waals surface area contributed by atoms with Crippen molar-refractivity contribution in [3.63, 3.8) is 0 Å². The molecule has 1 fully saturated rings. The molecule has 0 aliphatic carbocycles. The highest BCUT2D eigenvalue weighted by atomic mass is 16.4. The van der Waals surface area contributed by atoms with Crippen LogP contribution in [0.2, 0.25) is 0 Å². The maximum atomic E-state index is 12.3. The number of aryl methyl sites for hydroxylation is 1. The van der Waals surface area contributed by atoms with Gasteiger partial charge in [0.1, 0.15) is 0 Å². The van der Waals surface area contributed by atoms with Crippen molar-refractivity contribution in [1.82, 2.24) is 4.90 Å². The molecule has 1 heterocycles. The first kappa shape index (κ1) is 15.5. The first-order chi connectivity index (χ1) is 9.75. The molecule has 0 bridgehead atoms. The zero-order valence-corrected chi connectivity index (χ0v) is 13.1. The molecule has 1 aliphatic rings. The number of rotatable bonds is 3. The second-order valence-corrected chi connectivity index (χ2v) is 6.62. The summed E-state index contributed by atoms with van der Waals surface area (Å²) in [7, 11) is 0. The highest BCUT2D eigenvalue weighted by Gasteiger charge is 2.48. The van der Waals surface area contributed by atoms with E-state index in [1.54, 1.807) is 4.90 Å². The van der Waals surface area contributed by atoms with Crippen molar-refractivity contribution >= 4 is 11.9 Å². The average molecular weight is 289 g/mol. The monoisotopic (exact) mass is 289 g/mol. The third-order valence-electron chi connectivity index (χ3n) is 4.09. The Balaban J connectivity index is 2.46. The van der Waals surface area contributed by atoms with Crippen molar-refractivity contribution in [1.29, 1.82) is 0 Å². The van der Waals surface area contributed by atoms with E-state index in [0.717, 1.165) is 12.0 Å². The number of carboxylic acids is 1. The Kier molecular flexibility index (Phi) is 4.08. The quantitative estimate of drug-likeness (QED) is 0.930. The normalized spacial score (nSPS) is 22.7. The third-order valence-corrected chi connectivity index (χ3v) is 4.09. The molecule has 114 valence electrons. The zero-order chi connectivity index (χ0) is 15.8. The van der Waals surface area contributed by atoms with Crippen LogP contribution in [0, 0.1) is 5.92 Å². The molecule has 1 N–H and O–H groups in total. The molecule has 4 heteroatoms. The predicted molar refractivity (Wildman–Crippen MR) is 80.9 cm³/mol. The lowest BCUT2D eigenvalue weighted by Crippen LogP contribution is -2.44. The van der Waals surface area contributed by atoms with Gasteiger partial charge in [-0.05, 0) is 38.3 Å². The van der Waals surface area contributed by atoms with E-state index >= 15 is 0 Å². The van der Waals surface area contributed by atoms with Crippen LogP contribution in [0.5, 0.6) is 0 Å². The summed E-state index contributed by atoms with van der Waals surface area (Å²) >= 11 is 0. The molecule has 0 spiro atoms. The van der Waals surface area contributed by atoms with Gasteiger partial charge in [-0.1, -0.05) is 31.2 Å². The van der Waals surface area contributed by atoms with E-state index in [2.05, 4.69) is 6.92 Å². The van der Waals surface area contributed by atoms with Crippen LogP contribution in [0.25, 0.3) is 0 Å². The van der Waals surface area contributed by atoms with E-state index in [9.17, 15) is 14.7 Å². The number of hydrogen-bond acceptors (Lipinski definition) is 2. The minimum Gasteiger partial charge on any atom is -0.481 e. The van der Waals surface area contributed by atoms with Crippen LogP contribution in [-0.2, 0) is 16.0 Å². The maximum absolute atomic E-state index is 12.3. The minimum atomic E-state index is -0.903. The van der Waals surface area contributed by atoms with Crippen molar-refractivity contribution in [2.24, 2.45) is 5.92 Å². The largest absolute Gasteiger partial charge is 0.481 e. The first-order valence-corrected chi connectivity index (χ1v) is 7.39. The zero-order valence-electron chi connectivity index (χ0n) is 13.1. The average Bonchev–Trinajstić information content (AvgIpc) is 2.76. The second-order valence-electron chi connectivity index (χ2n) is 6.62. The number of carboxylic acid groups (broad SMARTS) is 1. The van der Waals surface area contributed by atoms with Crippen molar-refractivity contribution in [2.75, 3.05) is 0 Å². The van der Waals surface area contributed by atoms with Crippen LogP contribution in [0.1, 0.15) is 51.3 Å². The Morgan fingerprint density at radius 3 is 2.29 bits per heavy atom. The number of amides is 1. The van der Waals surface area contributed by atoms with Gasteiger partial charge < -0.3 is 10.0 Å². The Bertz CT molecular complexity index is 542. The van der Waals surface area contributed by atoms with Crippen molar-refractivity contribution in [3.8, 4) is 0 Å². The lowest BCUT2D eigenvalue weighted by molar-refractivity contribution is -0.142. The molecule has 0 radical (unpaired) electrons. The first-order valence-electron chi connectivity index (χ1n) is 7.39. The fourth-order valence-corrected chi connectivity index (χ4v) is 3.08. The topological polar surface area (TPSA) is 57.6 Å². The van der Waals surface area contributed by atoms with Gasteiger partial charge in [-0.2, -0.15) is 0 Å². The number of carbonyl (C=O) groups is 2. The summed E-state index contributed by atoms with van der Waals surface area (Å²) in [5, 5.41) is 9.47. The molecule has 1 aliphatic heterocycles. The van der Waals surface area contributed by atoms with E-state index in [1.165, 1.54) is 5.56 Å². The van der Waals surface area contributed by atoms with Gasteiger partial charge in [0.25, 0.3) is 0 Å². The van der Waals surface area contributed by atoms with Gasteiger partial charge in [0.2, 0.25) is 5.91 Å². The Hall–Kier alpha value is -1.84. The fourth-order valence-electron chi connectivity index (χ4n) is 3.08. The summed E-state index contributed by atoms with van der Waals surface area (Å²) in [5.41, 5.74) is 1.72. The van der Waals surface area contributed by atoms with Gasteiger partial charge >= 0.3 is 5.97 Å². The van der Waals surface area contributed by atoms with Gasteiger partial charge in [0, 0.05) is 12.0 Å². The molecule has 1 amide bonds. The van der Waals surface area contributed by atoms with E-state index in [0.29, 0.717) is 0 Å². The molecule has 2 rings (SSSR count). The van der Waals surface area contributed by atoms with Crippen molar-refractivity contribution in [2.45, 2.75) is 52.1 Å². The van der Waals surface area contributed by atoms with Crippen LogP contribution in [-0.4, -0.2) is 27.4 Å². The van der Waals surface area contributed by atoms with Gasteiger partial charge in [-0.15, -0.1) is 0 Å². The van der Waals surface area contributed by atoms with Crippen LogP contribution < -0.4 is 0 Å². The van der Waals surface area contributed by atoms with Gasteiger partial charge in [-0.3, -0.25) is 9.59 Å². The standard InChI is InChI=1S/C17H23NO3/c1-5-11-6-8-12(9-7-11)15-13(16(20)21)10-14(19)18(15)17(2,3)4/h6-9,13,15H,5,10H2,1-4H3,(H,20,21). The van der Waals surface area contributed by atoms with E-state index in [-0.39, 0.29) is 18.4 Å². The fraction of sp³-hybridized carbons (Fsp3) is 0.529. The summed E-state index contributed by atoms with van der Waals surface area (Å²) < 4.78 is 0. The minimum absolute atomic E-state index is 0.0762. The van der Waals surface area contributed by atoms with E-state index in [4.69, 9.17) is 0 Å². The summed E-state index contributed by atoms with van der Waals surface area (Å²) in [6, 6.07) is 7.55. The highest BCUT2D eigenvalue weighted by molar-refractivity contribution is 5.87. The molecule has 1 saturated heterocycles. The lowest BCUT2D eigenvalue weighted by Gasteiger charge is -2.38. The molecule has 21 heavy (non-hydrogen) atoms. The molecule has 2 unspecified atom stereocenters. The maximum Gasteiger partial charge on any atom is 0.309 e. The molecule has 0 saturated carbocycles. The number of benzene rings is 1. The number of likely N-dealkylation sites (tertiary alicyclic amines) is 1. The molecule has 0 aromatic heterocycles. The summed E-state index contributed by atoms with van der Waals surface area (Å²) in [6.45, 7) is 7.92. The lowest BCUT2D eigenvalue weighted by atomic mass is 9.91. The summed E-state index contributed by atoms with van der Waals surface area (Å²) in [5.74, 6) is -1.66. The van der Waals surface area contributed by atoms with Gasteiger partial charge in [0.05, 0.1) is 12.0 Å². The van der Waals surface area contributed by atoms with Gasteiger partial charge in [0.15, 0.2) is 0 Å². The second kappa shape index (κ2) is 5.51. The Morgan fingerprint density at radius 1 is 1.29 bits per heavy atom. The van der Waals surface area contributed by atoms with E-state index < -0.39 is 17.4 Å². The molecule has 1 aromatic rings. The molecule has 1 aromatic carbocycles. The van der Waals surface area contributed by atoms with Gasteiger partial charge in [-0.25, -0.2) is 0 Å². The summed E-state index contributed by atoms with van der Waals surface area (Å²) in [6.07, 6.45) is 1.02. The predicted octanol–water partition coefficient (Wildman–Crippen LogP) is 3.02. The third kappa shape index (κ3) is 2.94. The number of hydrogen-bond donors (Lipinski definition) is 1. The molecule has 2 atom stereocenters. The number of aliphatic carboxylic acids is 1. The number of carbonyl (C=O) groups excluding carboxylic acids is 1. The highest BCUT2D eigenvalue weighted by Crippen LogP contribution is 2.42. The van der Waals surface area contributed by atoms with Crippen LogP contribution >= 0.6 is 0 Å². The Morgan fingerprint density at radius 2 is 1.86 bits per heavy atom. The van der Waals surface area contributed by atoms with Crippen molar-refractivity contribution < 1.29 is 14.7 Å².